The van der Waals surface area contributed by atoms with Crippen LogP contribution < -0.4 is 10.5 Å². The van der Waals surface area contributed by atoms with Gasteiger partial charge in [0.1, 0.15) is 24.0 Å². The molecule has 0 radical (unpaired) electrons. The summed E-state index contributed by atoms with van der Waals surface area (Å²) < 4.78 is 34.1. The first-order valence-corrected chi connectivity index (χ1v) is 11.2. The van der Waals surface area contributed by atoms with E-state index in [4.69, 9.17) is 10.5 Å². The predicted octanol–water partition coefficient (Wildman–Crippen LogP) is 4.62. The van der Waals surface area contributed by atoms with Crippen molar-refractivity contribution in [1.29, 1.82) is 0 Å². The van der Waals surface area contributed by atoms with Crippen LogP contribution in [0, 0.1) is 17.6 Å². The number of ether oxygens (including phenoxy) is 1. The van der Waals surface area contributed by atoms with Gasteiger partial charge in [-0.2, -0.15) is 0 Å². The number of fused-ring (bicyclic) bond motifs is 2. The molecule has 5 rings (SSSR count). The number of primary amides is 1. The first-order valence-electron chi connectivity index (χ1n) is 11.2. The van der Waals surface area contributed by atoms with Gasteiger partial charge in [0, 0.05) is 35.2 Å². The van der Waals surface area contributed by atoms with Gasteiger partial charge in [-0.3, -0.25) is 9.69 Å². The summed E-state index contributed by atoms with van der Waals surface area (Å²) in [5.41, 5.74) is 8.16. The molecule has 2 aliphatic rings. The standard InChI is InChI=1S/C25H27F2N3O2.ClH/c26-17-5-8-23-20(10-17)16(12-29-23)2-1-9-30(13-15-3-4-15)18-11-21-22(27)7-6-19(25(28)31)24(21)32-14-18;/h5-8,10,12,15,18,29H,1-4,9,11,13-14H2,(H2,28,31);1H. The van der Waals surface area contributed by atoms with E-state index in [0.29, 0.717) is 30.3 Å². The van der Waals surface area contributed by atoms with Gasteiger partial charge in [0.15, 0.2) is 0 Å². The van der Waals surface area contributed by atoms with Crippen molar-refractivity contribution in [2.24, 2.45) is 11.7 Å². The molecule has 2 heterocycles. The van der Waals surface area contributed by atoms with E-state index in [1.54, 1.807) is 12.1 Å². The van der Waals surface area contributed by atoms with Crippen molar-refractivity contribution in [2.75, 3.05) is 19.7 Å². The zero-order valence-electron chi connectivity index (χ0n) is 18.3. The molecule has 0 spiro atoms. The molecule has 2 aromatic carbocycles. The topological polar surface area (TPSA) is 71.4 Å². The Bertz CT molecular complexity index is 1160. The normalized spacial score (nSPS) is 17.5. The Hall–Kier alpha value is -2.64. The second-order valence-corrected chi connectivity index (χ2v) is 8.98. The van der Waals surface area contributed by atoms with Crippen LogP contribution in [-0.2, 0) is 12.8 Å². The van der Waals surface area contributed by atoms with E-state index < -0.39 is 5.91 Å². The average Bonchev–Trinajstić information content (AvgIpc) is 3.52. The number of aromatic amines is 1. The van der Waals surface area contributed by atoms with E-state index in [1.807, 2.05) is 6.20 Å². The second kappa shape index (κ2) is 9.69. The molecule has 1 unspecified atom stereocenters. The van der Waals surface area contributed by atoms with E-state index >= 15 is 0 Å². The largest absolute Gasteiger partial charge is 0.491 e. The lowest BCUT2D eigenvalue weighted by Crippen LogP contribution is -2.45. The molecule has 1 aliphatic heterocycles. The summed E-state index contributed by atoms with van der Waals surface area (Å²) in [5, 5.41) is 0.926. The Morgan fingerprint density at radius 1 is 1.21 bits per heavy atom. The van der Waals surface area contributed by atoms with Crippen LogP contribution in [-0.4, -0.2) is 41.5 Å². The van der Waals surface area contributed by atoms with Gasteiger partial charge in [0.05, 0.1) is 5.56 Å². The number of carbonyl (C=O) groups is 1. The van der Waals surface area contributed by atoms with Gasteiger partial charge < -0.3 is 15.5 Å². The zero-order chi connectivity index (χ0) is 22.2. The number of nitrogens with one attached hydrogen (secondary N) is 1. The minimum absolute atomic E-state index is 0. The van der Waals surface area contributed by atoms with Crippen molar-refractivity contribution in [3.05, 3.63) is 64.9 Å². The fourth-order valence-corrected chi connectivity index (χ4v) is 4.75. The lowest BCUT2D eigenvalue weighted by Gasteiger charge is -2.36. The van der Waals surface area contributed by atoms with Crippen LogP contribution in [0.3, 0.4) is 0 Å². The fraction of sp³-hybridized carbons (Fsp3) is 0.400. The summed E-state index contributed by atoms with van der Waals surface area (Å²) in [6, 6.07) is 7.53. The highest BCUT2D eigenvalue weighted by Gasteiger charge is 2.33. The molecule has 3 N–H and O–H groups in total. The summed E-state index contributed by atoms with van der Waals surface area (Å²) >= 11 is 0. The summed E-state index contributed by atoms with van der Waals surface area (Å²) in [5.74, 6) is -0.225. The molecule has 0 bridgehead atoms. The molecule has 1 amide bonds. The van der Waals surface area contributed by atoms with Crippen molar-refractivity contribution in [1.82, 2.24) is 9.88 Å². The molecular weight excluding hydrogens is 448 g/mol. The number of benzene rings is 2. The van der Waals surface area contributed by atoms with Crippen molar-refractivity contribution in [3.63, 3.8) is 0 Å². The third kappa shape index (κ3) is 4.99. The maximum atomic E-state index is 14.6. The molecular formula is C25H28ClF2N3O2. The second-order valence-electron chi connectivity index (χ2n) is 8.98. The van der Waals surface area contributed by atoms with Gasteiger partial charge in [-0.15, -0.1) is 12.4 Å². The molecule has 1 aromatic heterocycles. The predicted molar refractivity (Wildman–Crippen MR) is 126 cm³/mol. The lowest BCUT2D eigenvalue weighted by molar-refractivity contribution is 0.0970. The van der Waals surface area contributed by atoms with Crippen LogP contribution in [0.4, 0.5) is 8.78 Å². The van der Waals surface area contributed by atoms with Crippen LogP contribution in [0.15, 0.2) is 36.5 Å². The van der Waals surface area contributed by atoms with Gasteiger partial charge in [-0.1, -0.05) is 0 Å². The van der Waals surface area contributed by atoms with Crippen molar-refractivity contribution >= 4 is 29.2 Å². The van der Waals surface area contributed by atoms with Gasteiger partial charge in [-0.25, -0.2) is 8.78 Å². The molecule has 33 heavy (non-hydrogen) atoms. The number of halogens is 3. The van der Waals surface area contributed by atoms with E-state index in [0.717, 1.165) is 42.4 Å². The highest BCUT2D eigenvalue weighted by molar-refractivity contribution is 5.96. The minimum Gasteiger partial charge on any atom is -0.491 e. The molecule has 1 aliphatic carbocycles. The first kappa shape index (κ1) is 23.5. The highest BCUT2D eigenvalue weighted by Crippen LogP contribution is 2.35. The smallest absolute Gasteiger partial charge is 0.252 e. The van der Waals surface area contributed by atoms with Crippen molar-refractivity contribution in [3.8, 4) is 5.75 Å². The average molecular weight is 476 g/mol. The number of aromatic nitrogens is 1. The number of hydrogen-bond donors (Lipinski definition) is 2. The summed E-state index contributed by atoms with van der Waals surface area (Å²) in [6.07, 6.45) is 6.63. The van der Waals surface area contributed by atoms with Gasteiger partial charge in [0.25, 0.3) is 5.91 Å². The number of amides is 1. The van der Waals surface area contributed by atoms with Crippen LogP contribution in [0.25, 0.3) is 10.9 Å². The lowest BCUT2D eigenvalue weighted by atomic mass is 9.97. The van der Waals surface area contributed by atoms with Crippen molar-refractivity contribution < 1.29 is 18.3 Å². The number of carbonyl (C=O) groups excluding carboxylic acids is 1. The number of rotatable bonds is 8. The highest BCUT2D eigenvalue weighted by atomic mass is 35.5. The third-order valence-electron chi connectivity index (χ3n) is 6.66. The van der Waals surface area contributed by atoms with Gasteiger partial charge >= 0.3 is 0 Å². The molecule has 3 aromatic rings. The summed E-state index contributed by atoms with van der Waals surface area (Å²) in [6.45, 7) is 2.21. The quantitative estimate of drug-likeness (QED) is 0.499. The Kier molecular flexibility index (Phi) is 6.91. The number of hydrogen-bond acceptors (Lipinski definition) is 3. The van der Waals surface area contributed by atoms with Crippen LogP contribution in [0.1, 0.15) is 40.7 Å². The van der Waals surface area contributed by atoms with E-state index in [1.165, 1.54) is 31.0 Å². The minimum atomic E-state index is -0.607. The molecule has 1 fully saturated rings. The molecule has 8 heteroatoms. The SMILES string of the molecule is Cl.NC(=O)c1ccc(F)c2c1OCC(N(CCCc1c[nH]c3ccc(F)cc13)CC1CC1)C2. The maximum Gasteiger partial charge on any atom is 0.252 e. The summed E-state index contributed by atoms with van der Waals surface area (Å²) in [4.78, 5) is 17.3. The third-order valence-corrected chi connectivity index (χ3v) is 6.66. The number of nitrogens with two attached hydrogens (primary N) is 1. The van der Waals surface area contributed by atoms with E-state index in [-0.39, 0.29) is 35.6 Å². The van der Waals surface area contributed by atoms with Crippen LogP contribution >= 0.6 is 12.4 Å². The van der Waals surface area contributed by atoms with Gasteiger partial charge in [-0.05, 0) is 80.5 Å². The Balaban J connectivity index is 0.00000259. The number of H-pyrrole nitrogens is 1. The van der Waals surface area contributed by atoms with Crippen LogP contribution in [0.2, 0.25) is 0 Å². The summed E-state index contributed by atoms with van der Waals surface area (Å²) in [7, 11) is 0. The number of aryl methyl sites for hydroxylation is 1. The number of nitrogens with zero attached hydrogens (tertiary/aromatic N) is 1. The Morgan fingerprint density at radius 3 is 2.79 bits per heavy atom. The van der Waals surface area contributed by atoms with E-state index in [9.17, 15) is 13.6 Å². The Labute approximate surface area is 197 Å². The van der Waals surface area contributed by atoms with Crippen molar-refractivity contribution in [2.45, 2.75) is 38.1 Å². The molecule has 1 atom stereocenters. The molecule has 176 valence electrons. The molecule has 5 nitrogen and oxygen atoms in total. The zero-order valence-corrected chi connectivity index (χ0v) is 19.1. The van der Waals surface area contributed by atoms with E-state index in [2.05, 4.69) is 9.88 Å². The van der Waals surface area contributed by atoms with Gasteiger partial charge in [0.2, 0.25) is 0 Å². The maximum absolute atomic E-state index is 14.6. The molecule has 0 saturated heterocycles. The van der Waals surface area contributed by atoms with Crippen LogP contribution in [0.5, 0.6) is 5.75 Å². The monoisotopic (exact) mass is 475 g/mol. The molecule has 1 saturated carbocycles. The Morgan fingerprint density at radius 2 is 2.03 bits per heavy atom. The fourth-order valence-electron chi connectivity index (χ4n) is 4.75. The first-order chi connectivity index (χ1) is 15.5.